The van der Waals surface area contributed by atoms with Crippen LogP contribution in [0.4, 0.5) is 17.5 Å². The van der Waals surface area contributed by atoms with Gasteiger partial charge in [0.25, 0.3) is 0 Å². The number of rotatable bonds is 7. The molecule has 1 atom stereocenters. The van der Waals surface area contributed by atoms with Crippen LogP contribution in [-0.2, 0) is 11.2 Å². The zero-order valence-electron chi connectivity index (χ0n) is 13.7. The minimum Gasteiger partial charge on any atom is -0.340 e. The van der Waals surface area contributed by atoms with Crippen LogP contribution in [0.3, 0.4) is 0 Å². The maximum Gasteiger partial charge on any atom is 0.242 e. The van der Waals surface area contributed by atoms with Crippen molar-refractivity contribution in [2.24, 2.45) is 11.8 Å². The molecule has 0 saturated heterocycles. The van der Waals surface area contributed by atoms with E-state index in [1.165, 1.54) is 10.6 Å². The number of nitrogens with zero attached hydrogens (tertiary/aromatic N) is 3. The third-order valence-electron chi connectivity index (χ3n) is 3.63. The van der Waals surface area contributed by atoms with E-state index >= 15 is 0 Å². The number of aldehydes is 1. The van der Waals surface area contributed by atoms with Crippen molar-refractivity contribution in [2.75, 3.05) is 10.3 Å². The van der Waals surface area contributed by atoms with E-state index in [2.05, 4.69) is 34.3 Å². The number of benzene rings is 1. The normalized spacial score (nSPS) is 12.0. The van der Waals surface area contributed by atoms with Gasteiger partial charge in [-0.1, -0.05) is 32.9 Å². The fraction of sp³-hybridized carbons (Fsp3) is 0.353. The predicted octanol–water partition coefficient (Wildman–Crippen LogP) is 2.69. The number of hydrazine groups is 1. The lowest BCUT2D eigenvalue weighted by Gasteiger charge is -2.25. The second-order valence-electron chi connectivity index (χ2n) is 5.70. The Balaban J connectivity index is 2.20. The van der Waals surface area contributed by atoms with E-state index in [1.807, 2.05) is 26.0 Å². The highest BCUT2D eigenvalue weighted by atomic mass is 16.1. The van der Waals surface area contributed by atoms with Crippen molar-refractivity contribution < 1.29 is 4.79 Å². The average molecular weight is 313 g/mol. The Morgan fingerprint density at radius 3 is 2.78 bits per heavy atom. The third-order valence-corrected chi connectivity index (χ3v) is 3.63. The van der Waals surface area contributed by atoms with Crippen LogP contribution >= 0.6 is 0 Å². The molecule has 0 fully saturated rings. The molecule has 0 unspecified atom stereocenters. The van der Waals surface area contributed by atoms with E-state index in [9.17, 15) is 4.79 Å². The van der Waals surface area contributed by atoms with Gasteiger partial charge in [-0.05, 0) is 36.1 Å². The molecule has 0 amide bonds. The molecule has 0 aliphatic rings. The third kappa shape index (κ3) is 4.26. The van der Waals surface area contributed by atoms with Crippen LogP contribution in [0.5, 0.6) is 0 Å². The van der Waals surface area contributed by atoms with Crippen molar-refractivity contribution in [3.63, 3.8) is 0 Å². The highest BCUT2D eigenvalue weighted by Crippen LogP contribution is 2.19. The molecule has 0 aliphatic heterocycles. The Kier molecular flexibility index (Phi) is 5.65. The minimum absolute atomic E-state index is 0.0685. The highest BCUT2D eigenvalue weighted by Gasteiger charge is 2.21. The fourth-order valence-corrected chi connectivity index (χ4v) is 2.24. The van der Waals surface area contributed by atoms with E-state index in [-0.39, 0.29) is 5.92 Å². The van der Waals surface area contributed by atoms with Gasteiger partial charge in [-0.25, -0.2) is 10.8 Å². The molecule has 0 aliphatic carbocycles. The van der Waals surface area contributed by atoms with Gasteiger partial charge in [0.05, 0.1) is 0 Å². The number of nitrogens with two attached hydrogens (primary N) is 1. The SMILES string of the molecule is CCc1cccc(Nc2ccnc(N(N)[C@@H](C=O)C(C)C)n2)c1. The number of aromatic nitrogens is 2. The summed E-state index contributed by atoms with van der Waals surface area (Å²) in [6, 6.07) is 9.43. The number of hydrogen-bond donors (Lipinski definition) is 2. The zero-order valence-corrected chi connectivity index (χ0v) is 13.7. The number of anilines is 3. The van der Waals surface area contributed by atoms with Crippen LogP contribution < -0.4 is 16.2 Å². The van der Waals surface area contributed by atoms with Crippen molar-refractivity contribution in [3.05, 3.63) is 42.1 Å². The average Bonchev–Trinajstić information content (AvgIpc) is 2.55. The first-order valence-electron chi connectivity index (χ1n) is 7.73. The summed E-state index contributed by atoms with van der Waals surface area (Å²) in [6.07, 6.45) is 3.41. The quantitative estimate of drug-likeness (QED) is 0.464. The van der Waals surface area contributed by atoms with Gasteiger partial charge in [0.2, 0.25) is 5.95 Å². The lowest BCUT2D eigenvalue weighted by Crippen LogP contribution is -2.46. The maximum atomic E-state index is 11.2. The van der Waals surface area contributed by atoms with Gasteiger partial charge in [-0.3, -0.25) is 5.01 Å². The smallest absolute Gasteiger partial charge is 0.242 e. The van der Waals surface area contributed by atoms with Crippen LogP contribution in [0.15, 0.2) is 36.5 Å². The van der Waals surface area contributed by atoms with Gasteiger partial charge in [-0.15, -0.1) is 0 Å². The van der Waals surface area contributed by atoms with E-state index in [0.29, 0.717) is 11.8 Å². The summed E-state index contributed by atoms with van der Waals surface area (Å²) in [5.41, 5.74) is 2.19. The molecule has 6 nitrogen and oxygen atoms in total. The molecular weight excluding hydrogens is 290 g/mol. The lowest BCUT2D eigenvalue weighted by molar-refractivity contribution is -0.109. The van der Waals surface area contributed by atoms with Gasteiger partial charge in [0, 0.05) is 11.9 Å². The monoisotopic (exact) mass is 313 g/mol. The Morgan fingerprint density at radius 2 is 2.13 bits per heavy atom. The molecule has 0 radical (unpaired) electrons. The highest BCUT2D eigenvalue weighted by molar-refractivity contribution is 5.64. The van der Waals surface area contributed by atoms with Crippen LogP contribution in [0.25, 0.3) is 0 Å². The van der Waals surface area contributed by atoms with E-state index in [1.54, 1.807) is 12.3 Å². The number of hydrogen-bond acceptors (Lipinski definition) is 6. The summed E-state index contributed by atoms with van der Waals surface area (Å²) in [4.78, 5) is 19.8. The summed E-state index contributed by atoms with van der Waals surface area (Å²) in [5, 5.41) is 4.55. The second kappa shape index (κ2) is 7.69. The molecule has 1 aromatic heterocycles. The molecule has 2 rings (SSSR count). The van der Waals surface area contributed by atoms with E-state index in [0.717, 1.165) is 18.4 Å². The molecule has 122 valence electrons. The van der Waals surface area contributed by atoms with Crippen molar-refractivity contribution in [1.82, 2.24) is 9.97 Å². The van der Waals surface area contributed by atoms with Gasteiger partial charge < -0.3 is 10.1 Å². The van der Waals surface area contributed by atoms with Gasteiger partial charge in [0.1, 0.15) is 18.1 Å². The number of nitrogens with one attached hydrogen (secondary N) is 1. The van der Waals surface area contributed by atoms with Crippen molar-refractivity contribution in [1.29, 1.82) is 0 Å². The summed E-state index contributed by atoms with van der Waals surface area (Å²) in [6.45, 7) is 5.97. The van der Waals surface area contributed by atoms with Crippen LogP contribution in [0.2, 0.25) is 0 Å². The predicted molar refractivity (Wildman–Crippen MR) is 92.5 cm³/mol. The summed E-state index contributed by atoms with van der Waals surface area (Å²) >= 11 is 0. The zero-order chi connectivity index (χ0) is 16.8. The van der Waals surface area contributed by atoms with E-state index < -0.39 is 6.04 Å². The molecule has 0 saturated carbocycles. The van der Waals surface area contributed by atoms with Gasteiger partial charge >= 0.3 is 0 Å². The van der Waals surface area contributed by atoms with Crippen LogP contribution in [-0.4, -0.2) is 22.3 Å². The fourth-order valence-electron chi connectivity index (χ4n) is 2.24. The molecule has 0 spiro atoms. The minimum atomic E-state index is -0.464. The second-order valence-corrected chi connectivity index (χ2v) is 5.70. The standard InChI is InChI=1S/C17H23N5O/c1-4-13-6-5-7-14(10-13)20-16-8-9-19-17(21-16)22(18)15(11-23)12(2)3/h5-12,15H,4,18H2,1-3H3,(H,19,20,21)/t15-/m0/s1. The number of aryl methyl sites for hydroxylation is 1. The Bertz CT molecular complexity index is 659. The molecule has 1 heterocycles. The van der Waals surface area contributed by atoms with Crippen molar-refractivity contribution in [2.45, 2.75) is 33.2 Å². The largest absolute Gasteiger partial charge is 0.340 e. The molecule has 0 bridgehead atoms. The first-order valence-corrected chi connectivity index (χ1v) is 7.73. The lowest BCUT2D eigenvalue weighted by atomic mass is 10.1. The Morgan fingerprint density at radius 1 is 1.35 bits per heavy atom. The maximum absolute atomic E-state index is 11.2. The first-order chi connectivity index (χ1) is 11.0. The number of carbonyl (C=O) groups excluding carboxylic acids is 1. The van der Waals surface area contributed by atoms with Crippen LogP contribution in [0.1, 0.15) is 26.3 Å². The van der Waals surface area contributed by atoms with Crippen LogP contribution in [0, 0.1) is 5.92 Å². The van der Waals surface area contributed by atoms with Crippen molar-refractivity contribution in [3.8, 4) is 0 Å². The summed E-state index contributed by atoms with van der Waals surface area (Å²) in [7, 11) is 0. The molecule has 2 aromatic rings. The molecule has 6 heteroatoms. The van der Waals surface area contributed by atoms with Crippen molar-refractivity contribution >= 4 is 23.7 Å². The summed E-state index contributed by atoms with van der Waals surface area (Å²) in [5.74, 6) is 7.02. The summed E-state index contributed by atoms with van der Waals surface area (Å²) < 4.78 is 0. The van der Waals surface area contributed by atoms with Gasteiger partial charge in [-0.2, -0.15) is 4.98 Å². The molecule has 23 heavy (non-hydrogen) atoms. The first kappa shape index (κ1) is 16.9. The molecule has 1 aromatic carbocycles. The van der Waals surface area contributed by atoms with E-state index in [4.69, 9.17) is 5.84 Å². The Hall–Kier alpha value is -2.47. The topological polar surface area (TPSA) is 84.1 Å². The molecule has 3 N–H and O–H groups in total. The number of carbonyl (C=O) groups is 1. The Labute approximate surface area is 136 Å². The molecular formula is C17H23N5O. The van der Waals surface area contributed by atoms with Gasteiger partial charge in [0.15, 0.2) is 0 Å².